The maximum absolute atomic E-state index is 12.9. The molecule has 0 aliphatic heterocycles. The molecule has 2 aromatic rings. The summed E-state index contributed by atoms with van der Waals surface area (Å²) in [7, 11) is 0. The zero-order valence-corrected chi connectivity index (χ0v) is 15.2. The van der Waals surface area contributed by atoms with Crippen LogP contribution in [0.15, 0.2) is 47.6 Å². The Hall–Kier alpha value is -3.62. The monoisotopic (exact) mass is 389 g/mol. The fourth-order valence-corrected chi connectivity index (χ4v) is 2.06. The standard InChI is InChI=1S/C19H20FN3O5/c1-2-26-17-11-13(12-22-23-19(25)18(21)24)3-8-16(17)28-10-9-27-15-6-4-14(20)5-7-15/h3-8,11-12H,2,9-10H2,1H3,(H2,21,24)(H,23,25)/b22-12-. The summed E-state index contributed by atoms with van der Waals surface area (Å²) in [4.78, 5) is 21.7. The van der Waals surface area contributed by atoms with E-state index in [9.17, 15) is 14.0 Å². The minimum atomic E-state index is -1.13. The maximum Gasteiger partial charge on any atom is 0.329 e. The Morgan fingerprint density at radius 2 is 1.79 bits per heavy atom. The number of ether oxygens (including phenoxy) is 3. The Morgan fingerprint density at radius 3 is 2.46 bits per heavy atom. The van der Waals surface area contributed by atoms with Gasteiger partial charge in [-0.2, -0.15) is 5.10 Å². The summed E-state index contributed by atoms with van der Waals surface area (Å²) in [6.07, 6.45) is 1.34. The average Bonchev–Trinajstić information content (AvgIpc) is 2.68. The van der Waals surface area contributed by atoms with E-state index >= 15 is 0 Å². The molecule has 0 heterocycles. The van der Waals surface area contributed by atoms with E-state index in [1.54, 1.807) is 18.2 Å². The van der Waals surface area contributed by atoms with Crippen LogP contribution in [0.25, 0.3) is 0 Å². The second-order valence-corrected chi connectivity index (χ2v) is 5.35. The molecule has 0 bridgehead atoms. The molecule has 2 rings (SSSR count). The van der Waals surface area contributed by atoms with Gasteiger partial charge in [-0.25, -0.2) is 9.82 Å². The van der Waals surface area contributed by atoms with Crippen LogP contribution in [0.2, 0.25) is 0 Å². The van der Waals surface area contributed by atoms with Gasteiger partial charge in [0, 0.05) is 0 Å². The molecule has 3 N–H and O–H groups in total. The van der Waals surface area contributed by atoms with E-state index in [0.717, 1.165) is 0 Å². The van der Waals surface area contributed by atoms with Crippen LogP contribution < -0.4 is 25.4 Å². The number of nitrogens with zero attached hydrogens (tertiary/aromatic N) is 1. The lowest BCUT2D eigenvalue weighted by Crippen LogP contribution is -2.32. The number of nitrogens with two attached hydrogens (primary N) is 1. The zero-order chi connectivity index (χ0) is 20.4. The van der Waals surface area contributed by atoms with Crippen molar-refractivity contribution in [1.82, 2.24) is 5.43 Å². The van der Waals surface area contributed by atoms with E-state index in [1.165, 1.54) is 30.5 Å². The summed E-state index contributed by atoms with van der Waals surface area (Å²) in [5.41, 5.74) is 7.43. The molecule has 0 saturated carbocycles. The SMILES string of the molecule is CCOc1cc(/C=N\NC(=O)C(N)=O)ccc1OCCOc1ccc(F)cc1. The van der Waals surface area contributed by atoms with Gasteiger partial charge in [-0.1, -0.05) is 0 Å². The van der Waals surface area contributed by atoms with Crippen LogP contribution in [0, 0.1) is 5.82 Å². The Bertz CT molecular complexity index is 840. The number of nitrogens with one attached hydrogen (secondary N) is 1. The predicted molar refractivity (Wildman–Crippen MR) is 99.9 cm³/mol. The molecule has 8 nitrogen and oxygen atoms in total. The molecule has 9 heteroatoms. The molecule has 0 atom stereocenters. The second-order valence-electron chi connectivity index (χ2n) is 5.35. The first kappa shape index (κ1) is 20.7. The minimum absolute atomic E-state index is 0.250. The summed E-state index contributed by atoms with van der Waals surface area (Å²) in [6.45, 7) is 2.76. The van der Waals surface area contributed by atoms with Crippen LogP contribution in [-0.4, -0.2) is 37.8 Å². The molecule has 0 aromatic heterocycles. The first-order valence-corrected chi connectivity index (χ1v) is 8.40. The lowest BCUT2D eigenvalue weighted by molar-refractivity contribution is -0.137. The van der Waals surface area contributed by atoms with Gasteiger partial charge in [0.05, 0.1) is 12.8 Å². The number of hydrogen-bond donors (Lipinski definition) is 2. The number of hydrazone groups is 1. The highest BCUT2D eigenvalue weighted by Gasteiger charge is 2.08. The Kier molecular flexibility index (Phi) is 7.77. The van der Waals surface area contributed by atoms with Gasteiger partial charge in [-0.3, -0.25) is 9.59 Å². The molecule has 0 aliphatic rings. The third-order valence-electron chi connectivity index (χ3n) is 3.29. The zero-order valence-electron chi connectivity index (χ0n) is 15.2. The molecule has 0 aliphatic carbocycles. The third kappa shape index (κ3) is 6.60. The molecule has 0 fully saturated rings. The number of primary amides is 1. The summed E-state index contributed by atoms with van der Waals surface area (Å²) >= 11 is 0. The number of carbonyl (C=O) groups is 2. The van der Waals surface area contributed by atoms with Gasteiger partial charge in [0.25, 0.3) is 0 Å². The van der Waals surface area contributed by atoms with Crippen molar-refractivity contribution >= 4 is 18.0 Å². The highest BCUT2D eigenvalue weighted by molar-refractivity contribution is 6.34. The lowest BCUT2D eigenvalue weighted by atomic mass is 10.2. The highest BCUT2D eigenvalue weighted by atomic mass is 19.1. The summed E-state index contributed by atoms with van der Waals surface area (Å²) in [5.74, 6) is -0.944. The van der Waals surface area contributed by atoms with Crippen molar-refractivity contribution in [2.24, 2.45) is 10.8 Å². The van der Waals surface area contributed by atoms with Crippen LogP contribution >= 0.6 is 0 Å². The first-order chi connectivity index (χ1) is 13.5. The quantitative estimate of drug-likeness (QED) is 0.293. The lowest BCUT2D eigenvalue weighted by Gasteiger charge is -2.13. The van der Waals surface area contributed by atoms with E-state index in [1.807, 2.05) is 12.3 Å². The van der Waals surface area contributed by atoms with Gasteiger partial charge in [0.1, 0.15) is 24.8 Å². The molecular formula is C19H20FN3O5. The number of benzene rings is 2. The smallest absolute Gasteiger partial charge is 0.329 e. The van der Waals surface area contributed by atoms with E-state index in [-0.39, 0.29) is 19.0 Å². The predicted octanol–water partition coefficient (Wildman–Crippen LogP) is 1.62. The van der Waals surface area contributed by atoms with Crippen molar-refractivity contribution in [3.05, 3.63) is 53.8 Å². The summed E-state index contributed by atoms with van der Waals surface area (Å²) in [6, 6.07) is 10.7. The number of hydrogen-bond acceptors (Lipinski definition) is 6. The van der Waals surface area contributed by atoms with Crippen molar-refractivity contribution < 1.29 is 28.2 Å². The Morgan fingerprint density at radius 1 is 1.07 bits per heavy atom. The van der Waals surface area contributed by atoms with Crippen LogP contribution in [0.4, 0.5) is 4.39 Å². The van der Waals surface area contributed by atoms with Crippen molar-refractivity contribution in [2.75, 3.05) is 19.8 Å². The molecule has 28 heavy (non-hydrogen) atoms. The van der Waals surface area contributed by atoms with Gasteiger partial charge >= 0.3 is 11.8 Å². The van der Waals surface area contributed by atoms with E-state index < -0.39 is 11.8 Å². The molecule has 0 radical (unpaired) electrons. The van der Waals surface area contributed by atoms with Crippen molar-refractivity contribution in [3.8, 4) is 17.2 Å². The number of amides is 2. The van der Waals surface area contributed by atoms with E-state index in [0.29, 0.717) is 29.4 Å². The largest absolute Gasteiger partial charge is 0.490 e. The first-order valence-electron chi connectivity index (χ1n) is 8.40. The van der Waals surface area contributed by atoms with Gasteiger partial charge in [0.15, 0.2) is 11.5 Å². The number of rotatable bonds is 9. The highest BCUT2D eigenvalue weighted by Crippen LogP contribution is 2.28. The van der Waals surface area contributed by atoms with Crippen LogP contribution in [0.5, 0.6) is 17.2 Å². The van der Waals surface area contributed by atoms with E-state index in [2.05, 4.69) is 5.10 Å². The molecule has 2 aromatic carbocycles. The fourth-order valence-electron chi connectivity index (χ4n) is 2.06. The summed E-state index contributed by atoms with van der Waals surface area (Å²) < 4.78 is 29.5. The average molecular weight is 389 g/mol. The molecule has 0 unspecified atom stereocenters. The molecule has 148 valence electrons. The normalized spacial score (nSPS) is 10.5. The van der Waals surface area contributed by atoms with Crippen LogP contribution in [0.1, 0.15) is 12.5 Å². The van der Waals surface area contributed by atoms with Gasteiger partial charge in [0.2, 0.25) is 0 Å². The van der Waals surface area contributed by atoms with E-state index in [4.69, 9.17) is 19.9 Å². The number of halogens is 1. The van der Waals surface area contributed by atoms with Crippen molar-refractivity contribution in [3.63, 3.8) is 0 Å². The topological polar surface area (TPSA) is 112 Å². The van der Waals surface area contributed by atoms with Crippen molar-refractivity contribution in [2.45, 2.75) is 6.92 Å². The minimum Gasteiger partial charge on any atom is -0.490 e. The van der Waals surface area contributed by atoms with Crippen LogP contribution in [0.3, 0.4) is 0 Å². The molecule has 2 amide bonds. The number of carbonyl (C=O) groups excluding carboxylic acids is 2. The van der Waals surface area contributed by atoms with Gasteiger partial charge < -0.3 is 19.9 Å². The maximum atomic E-state index is 12.9. The molecule has 0 spiro atoms. The van der Waals surface area contributed by atoms with Gasteiger partial charge in [-0.15, -0.1) is 0 Å². The third-order valence-corrected chi connectivity index (χ3v) is 3.29. The second kappa shape index (κ2) is 10.5. The van der Waals surface area contributed by atoms with Gasteiger partial charge in [-0.05, 0) is 55.0 Å². The van der Waals surface area contributed by atoms with Crippen LogP contribution in [-0.2, 0) is 9.59 Å². The fraction of sp³-hybridized carbons (Fsp3) is 0.211. The summed E-state index contributed by atoms with van der Waals surface area (Å²) in [5, 5.41) is 3.64. The molecule has 0 saturated heterocycles. The van der Waals surface area contributed by atoms with Crippen molar-refractivity contribution in [1.29, 1.82) is 0 Å². The molecular weight excluding hydrogens is 369 g/mol. The Balaban J connectivity index is 1.92. The Labute approximate surface area is 161 Å².